The summed E-state index contributed by atoms with van der Waals surface area (Å²) in [5.41, 5.74) is 0. The minimum absolute atomic E-state index is 0.400. The average Bonchev–Trinajstić information content (AvgIpc) is 2.15. The highest BCUT2D eigenvalue weighted by Crippen LogP contribution is 2.14. The van der Waals surface area contributed by atoms with E-state index in [9.17, 15) is 15.3 Å². The monoisotopic (exact) mass is 188 g/mol. The number of nitriles is 1. The zero-order chi connectivity index (χ0) is 10.0. The Bertz CT molecular complexity index is 215. The lowest BCUT2D eigenvalue weighted by atomic mass is 9.91. The molecule has 1 saturated heterocycles. The van der Waals surface area contributed by atoms with Crippen LogP contribution in [0.1, 0.15) is 0 Å². The van der Waals surface area contributed by atoms with Crippen molar-refractivity contribution in [3.63, 3.8) is 0 Å². The highest BCUT2D eigenvalue weighted by Gasteiger charge is 2.41. The largest absolute Gasteiger partial charge is 0.395 e. The Kier molecular flexibility index (Phi) is 3.19. The van der Waals surface area contributed by atoms with Gasteiger partial charge >= 0.3 is 0 Å². The summed E-state index contributed by atoms with van der Waals surface area (Å²) < 4.78 is 0. The molecule has 74 valence electrons. The fourth-order valence-electron chi connectivity index (χ4n) is 1.34. The van der Waals surface area contributed by atoms with Gasteiger partial charge in [0.25, 0.3) is 0 Å². The molecule has 1 rings (SSSR count). The molecule has 1 aliphatic rings. The second-order valence-corrected chi connectivity index (χ2v) is 3.03. The van der Waals surface area contributed by atoms with Crippen molar-refractivity contribution in [1.82, 2.24) is 5.32 Å². The topological polar surface area (TPSA) is 117 Å². The number of rotatable bonds is 1. The first-order chi connectivity index (χ1) is 6.11. The van der Waals surface area contributed by atoms with E-state index >= 15 is 0 Å². The van der Waals surface area contributed by atoms with Gasteiger partial charge in [-0.1, -0.05) is 0 Å². The Morgan fingerprint density at radius 2 is 1.77 bits per heavy atom. The third-order valence-corrected chi connectivity index (χ3v) is 2.18. The highest BCUT2D eigenvalue weighted by atomic mass is 16.4. The van der Waals surface area contributed by atoms with Gasteiger partial charge in [-0.15, -0.1) is 0 Å². The van der Waals surface area contributed by atoms with Crippen molar-refractivity contribution in [3.8, 4) is 6.07 Å². The van der Waals surface area contributed by atoms with E-state index in [0.29, 0.717) is 0 Å². The van der Waals surface area contributed by atoms with E-state index in [4.69, 9.17) is 10.4 Å². The van der Waals surface area contributed by atoms with E-state index in [1.54, 1.807) is 6.07 Å². The number of nitrogens with zero attached hydrogens (tertiary/aromatic N) is 1. The van der Waals surface area contributed by atoms with Crippen molar-refractivity contribution < 1.29 is 20.4 Å². The second-order valence-electron chi connectivity index (χ2n) is 3.03. The van der Waals surface area contributed by atoms with Crippen LogP contribution in [0.3, 0.4) is 0 Å². The van der Waals surface area contributed by atoms with Crippen LogP contribution < -0.4 is 5.32 Å². The number of hydrogen-bond donors (Lipinski definition) is 5. The van der Waals surface area contributed by atoms with Gasteiger partial charge < -0.3 is 20.4 Å². The van der Waals surface area contributed by atoms with Crippen LogP contribution >= 0.6 is 0 Å². The summed E-state index contributed by atoms with van der Waals surface area (Å²) in [6.07, 6.45) is -3.99. The normalized spacial score (nSPS) is 45.6. The Balaban J connectivity index is 2.73. The van der Waals surface area contributed by atoms with E-state index in [0.717, 1.165) is 0 Å². The van der Waals surface area contributed by atoms with Crippen LogP contribution in [-0.2, 0) is 0 Å². The lowest BCUT2D eigenvalue weighted by Gasteiger charge is -2.38. The van der Waals surface area contributed by atoms with Crippen LogP contribution in [0.4, 0.5) is 0 Å². The first-order valence-electron chi connectivity index (χ1n) is 3.92. The van der Waals surface area contributed by atoms with Gasteiger partial charge in [0.2, 0.25) is 0 Å². The minimum atomic E-state index is -1.40. The third kappa shape index (κ3) is 1.80. The summed E-state index contributed by atoms with van der Waals surface area (Å²) in [7, 11) is 0. The molecule has 5 atom stereocenters. The van der Waals surface area contributed by atoms with Gasteiger partial charge in [-0.25, -0.2) is 0 Å². The van der Waals surface area contributed by atoms with E-state index in [2.05, 4.69) is 5.32 Å². The molecule has 1 heterocycles. The Morgan fingerprint density at radius 1 is 1.15 bits per heavy atom. The highest BCUT2D eigenvalue weighted by molar-refractivity contribution is 5.06. The number of aliphatic hydroxyl groups excluding tert-OH is 4. The summed E-state index contributed by atoms with van der Waals surface area (Å²) in [6.45, 7) is -0.400. The maximum absolute atomic E-state index is 9.28. The molecule has 0 amide bonds. The van der Waals surface area contributed by atoms with Crippen molar-refractivity contribution in [2.75, 3.05) is 6.61 Å². The number of aliphatic hydroxyl groups is 4. The van der Waals surface area contributed by atoms with Crippen LogP contribution in [0.15, 0.2) is 0 Å². The third-order valence-electron chi connectivity index (χ3n) is 2.18. The minimum Gasteiger partial charge on any atom is -0.395 e. The first-order valence-corrected chi connectivity index (χ1v) is 3.92. The molecule has 6 heteroatoms. The van der Waals surface area contributed by atoms with Crippen LogP contribution in [0.2, 0.25) is 0 Å². The van der Waals surface area contributed by atoms with Gasteiger partial charge in [-0.05, 0) is 0 Å². The van der Waals surface area contributed by atoms with Gasteiger partial charge in [0.15, 0.2) is 0 Å². The van der Waals surface area contributed by atoms with Crippen LogP contribution in [-0.4, -0.2) is 57.4 Å². The van der Waals surface area contributed by atoms with E-state index < -0.39 is 37.0 Å². The smallest absolute Gasteiger partial charge is 0.125 e. The number of nitrogens with one attached hydrogen (secondary N) is 1. The second kappa shape index (κ2) is 4.00. The molecule has 5 N–H and O–H groups in total. The SMILES string of the molecule is N#C[C@H]1N[C@H](CO)[C@@H](O)[C@H](O)[C@H]1O. The molecule has 6 nitrogen and oxygen atoms in total. The zero-order valence-corrected chi connectivity index (χ0v) is 6.83. The molecule has 0 bridgehead atoms. The summed E-state index contributed by atoms with van der Waals surface area (Å²) in [4.78, 5) is 0. The van der Waals surface area contributed by atoms with Gasteiger partial charge in [0.1, 0.15) is 24.4 Å². The van der Waals surface area contributed by atoms with E-state index in [1.165, 1.54) is 0 Å². The molecular formula is C7H12N2O4. The van der Waals surface area contributed by atoms with Gasteiger partial charge in [0, 0.05) is 0 Å². The van der Waals surface area contributed by atoms with Gasteiger partial charge in [0.05, 0.1) is 18.7 Å². The van der Waals surface area contributed by atoms with E-state index in [1.807, 2.05) is 0 Å². The molecule has 1 aliphatic heterocycles. The predicted octanol–water partition coefficient (Wildman–Crippen LogP) is -3.07. The molecule has 0 aromatic rings. The van der Waals surface area contributed by atoms with Crippen LogP contribution in [0, 0.1) is 11.3 Å². The van der Waals surface area contributed by atoms with Gasteiger partial charge in [-0.3, -0.25) is 5.32 Å². The summed E-state index contributed by atoms with van der Waals surface area (Å²) in [5.74, 6) is 0. The number of hydrogen-bond acceptors (Lipinski definition) is 6. The van der Waals surface area contributed by atoms with Gasteiger partial charge in [-0.2, -0.15) is 5.26 Å². The fraction of sp³-hybridized carbons (Fsp3) is 0.857. The first kappa shape index (κ1) is 10.4. The Morgan fingerprint density at radius 3 is 2.23 bits per heavy atom. The molecule has 0 aromatic carbocycles. The molecule has 0 unspecified atom stereocenters. The molecule has 0 radical (unpaired) electrons. The van der Waals surface area contributed by atoms with Crippen molar-refractivity contribution in [2.24, 2.45) is 0 Å². The maximum Gasteiger partial charge on any atom is 0.125 e. The van der Waals surface area contributed by atoms with Crippen molar-refractivity contribution in [2.45, 2.75) is 30.4 Å². The maximum atomic E-state index is 9.28. The lowest BCUT2D eigenvalue weighted by molar-refractivity contribution is -0.111. The lowest BCUT2D eigenvalue weighted by Crippen LogP contribution is -2.65. The molecular weight excluding hydrogens is 176 g/mol. The van der Waals surface area contributed by atoms with E-state index in [-0.39, 0.29) is 0 Å². The molecule has 0 aromatic heterocycles. The zero-order valence-electron chi connectivity index (χ0n) is 6.83. The average molecular weight is 188 g/mol. The van der Waals surface area contributed by atoms with Crippen LogP contribution in [0.25, 0.3) is 0 Å². The fourth-order valence-corrected chi connectivity index (χ4v) is 1.34. The van der Waals surface area contributed by atoms with Crippen LogP contribution in [0.5, 0.6) is 0 Å². The summed E-state index contributed by atoms with van der Waals surface area (Å²) in [5, 5.41) is 47.6. The molecule has 0 saturated carbocycles. The molecule has 0 spiro atoms. The predicted molar refractivity (Wildman–Crippen MR) is 41.4 cm³/mol. The Labute approximate surface area is 75.0 Å². The Hall–Kier alpha value is -0.710. The summed E-state index contributed by atoms with van der Waals surface area (Å²) in [6, 6.07) is -0.0118. The quantitative estimate of drug-likeness (QED) is 0.298. The molecule has 13 heavy (non-hydrogen) atoms. The molecule has 0 aliphatic carbocycles. The van der Waals surface area contributed by atoms with Crippen molar-refractivity contribution in [1.29, 1.82) is 5.26 Å². The number of piperidine rings is 1. The summed E-state index contributed by atoms with van der Waals surface area (Å²) >= 11 is 0. The van der Waals surface area contributed by atoms with Crippen molar-refractivity contribution >= 4 is 0 Å². The molecule has 1 fully saturated rings. The van der Waals surface area contributed by atoms with Crippen molar-refractivity contribution in [3.05, 3.63) is 0 Å². The standard InChI is InChI=1S/C7H12N2O4/c8-1-3-5(11)7(13)6(12)4(2-10)9-3/h3-7,9-13H,2H2/t3-,4-,5+,6-,7-/m1/s1.